The molecule has 3 rings (SSSR count). The van der Waals surface area contributed by atoms with E-state index in [2.05, 4.69) is 10.3 Å². The highest BCUT2D eigenvalue weighted by atomic mass is 35.5. The van der Waals surface area contributed by atoms with Gasteiger partial charge in [0.1, 0.15) is 17.2 Å². The average Bonchev–Trinajstić information content (AvgIpc) is 3.13. The van der Waals surface area contributed by atoms with E-state index < -0.39 is 0 Å². The van der Waals surface area contributed by atoms with Gasteiger partial charge in [0.15, 0.2) is 5.16 Å². The molecule has 0 saturated carbocycles. The number of methoxy groups -OCH3 is 2. The van der Waals surface area contributed by atoms with Crippen LogP contribution in [-0.2, 0) is 0 Å². The molecule has 0 bridgehead atoms. The van der Waals surface area contributed by atoms with Gasteiger partial charge in [-0.05, 0) is 18.4 Å². The number of para-hydroxylation sites is 1. The summed E-state index contributed by atoms with van der Waals surface area (Å²) in [5, 5.41) is 3.96. The van der Waals surface area contributed by atoms with E-state index in [0.29, 0.717) is 33.1 Å². The molecule has 8 heteroatoms. The fraction of sp³-hybridized carbons (Fsp3) is 0.158. The number of anilines is 1. The van der Waals surface area contributed by atoms with Gasteiger partial charge in [-0.25, -0.2) is 4.98 Å². The SMILES string of the molecule is COc1cc(NC(=O)c2cnc(SC)n2-c2ccccc2)c(OC)cc1Cl. The molecule has 0 fully saturated rings. The average molecular weight is 404 g/mol. The van der Waals surface area contributed by atoms with Crippen LogP contribution in [0.1, 0.15) is 10.5 Å². The minimum absolute atomic E-state index is 0.325. The molecule has 1 heterocycles. The molecule has 1 aromatic heterocycles. The van der Waals surface area contributed by atoms with Crippen LogP contribution < -0.4 is 14.8 Å². The van der Waals surface area contributed by atoms with E-state index in [1.807, 2.05) is 36.6 Å². The molecule has 140 valence electrons. The Bertz CT molecular complexity index is 960. The van der Waals surface area contributed by atoms with Crippen LogP contribution in [0, 0.1) is 0 Å². The van der Waals surface area contributed by atoms with E-state index >= 15 is 0 Å². The summed E-state index contributed by atoms with van der Waals surface area (Å²) in [4.78, 5) is 17.3. The van der Waals surface area contributed by atoms with Crippen molar-refractivity contribution in [3.8, 4) is 17.2 Å². The Morgan fingerprint density at radius 1 is 1.15 bits per heavy atom. The third-order valence-electron chi connectivity index (χ3n) is 3.88. The summed E-state index contributed by atoms with van der Waals surface area (Å²) in [6.45, 7) is 0. The van der Waals surface area contributed by atoms with Crippen molar-refractivity contribution in [2.45, 2.75) is 5.16 Å². The van der Waals surface area contributed by atoms with Crippen LogP contribution in [0.15, 0.2) is 53.8 Å². The number of amides is 1. The molecule has 27 heavy (non-hydrogen) atoms. The predicted octanol–water partition coefficient (Wildman–Crippen LogP) is 4.52. The molecule has 0 aliphatic heterocycles. The lowest BCUT2D eigenvalue weighted by atomic mass is 10.2. The third kappa shape index (κ3) is 3.89. The molecule has 6 nitrogen and oxygen atoms in total. The van der Waals surface area contributed by atoms with Gasteiger partial charge in [-0.1, -0.05) is 41.6 Å². The molecule has 0 saturated heterocycles. The van der Waals surface area contributed by atoms with Crippen molar-refractivity contribution in [1.82, 2.24) is 9.55 Å². The summed E-state index contributed by atoms with van der Waals surface area (Å²) in [5.74, 6) is 0.550. The maximum atomic E-state index is 13.0. The number of ether oxygens (including phenoxy) is 2. The van der Waals surface area contributed by atoms with Gasteiger partial charge in [0.05, 0.1) is 31.1 Å². The first-order valence-corrected chi connectivity index (χ1v) is 9.59. The van der Waals surface area contributed by atoms with Crippen molar-refractivity contribution < 1.29 is 14.3 Å². The number of carbonyl (C=O) groups is 1. The van der Waals surface area contributed by atoms with Crippen LogP contribution in [0.25, 0.3) is 5.69 Å². The summed E-state index contributed by atoms with van der Waals surface area (Å²) in [6, 6.07) is 12.8. The molecule has 0 spiro atoms. The number of benzene rings is 2. The Morgan fingerprint density at radius 2 is 1.85 bits per heavy atom. The smallest absolute Gasteiger partial charge is 0.274 e. The second-order valence-electron chi connectivity index (χ2n) is 5.44. The third-order valence-corrected chi connectivity index (χ3v) is 4.83. The van der Waals surface area contributed by atoms with E-state index in [1.165, 1.54) is 26.0 Å². The molecule has 1 amide bonds. The summed E-state index contributed by atoms with van der Waals surface area (Å²) in [6.07, 6.45) is 3.46. The van der Waals surface area contributed by atoms with Crippen LogP contribution >= 0.6 is 23.4 Å². The lowest BCUT2D eigenvalue weighted by molar-refractivity contribution is 0.101. The number of hydrogen-bond acceptors (Lipinski definition) is 5. The Labute approximate surface area is 166 Å². The lowest BCUT2D eigenvalue weighted by Crippen LogP contribution is -2.17. The van der Waals surface area contributed by atoms with Gasteiger partial charge in [0, 0.05) is 17.8 Å². The van der Waals surface area contributed by atoms with Gasteiger partial charge in [-0.2, -0.15) is 0 Å². The quantitative estimate of drug-likeness (QED) is 0.613. The van der Waals surface area contributed by atoms with Gasteiger partial charge in [0.2, 0.25) is 0 Å². The second-order valence-corrected chi connectivity index (χ2v) is 6.62. The molecule has 3 aromatic rings. The predicted molar refractivity (Wildman–Crippen MR) is 108 cm³/mol. The zero-order valence-electron chi connectivity index (χ0n) is 15.0. The van der Waals surface area contributed by atoms with Crippen LogP contribution in [-0.4, -0.2) is 35.9 Å². The van der Waals surface area contributed by atoms with Crippen molar-refractivity contribution in [3.63, 3.8) is 0 Å². The van der Waals surface area contributed by atoms with Gasteiger partial charge in [-0.15, -0.1) is 0 Å². The van der Waals surface area contributed by atoms with Gasteiger partial charge in [0.25, 0.3) is 5.91 Å². The van der Waals surface area contributed by atoms with Crippen molar-refractivity contribution in [3.05, 3.63) is 59.4 Å². The van der Waals surface area contributed by atoms with Crippen molar-refractivity contribution >= 4 is 35.0 Å². The molecule has 0 aliphatic rings. The number of nitrogens with zero attached hydrogens (tertiary/aromatic N) is 2. The molecule has 1 N–H and O–H groups in total. The first-order chi connectivity index (χ1) is 13.1. The van der Waals surface area contributed by atoms with Crippen molar-refractivity contribution in [1.29, 1.82) is 0 Å². The van der Waals surface area contributed by atoms with Gasteiger partial charge >= 0.3 is 0 Å². The summed E-state index contributed by atoms with van der Waals surface area (Å²) in [5.41, 5.74) is 1.71. The largest absolute Gasteiger partial charge is 0.495 e. The zero-order valence-corrected chi connectivity index (χ0v) is 16.6. The lowest BCUT2D eigenvalue weighted by Gasteiger charge is -2.14. The number of aromatic nitrogens is 2. The highest BCUT2D eigenvalue weighted by molar-refractivity contribution is 7.98. The molecular weight excluding hydrogens is 386 g/mol. The minimum atomic E-state index is -0.325. The minimum Gasteiger partial charge on any atom is -0.495 e. The highest BCUT2D eigenvalue weighted by Crippen LogP contribution is 2.36. The van der Waals surface area contributed by atoms with Gasteiger partial charge in [-0.3, -0.25) is 9.36 Å². The number of thioether (sulfide) groups is 1. The summed E-state index contributed by atoms with van der Waals surface area (Å²) < 4.78 is 12.4. The van der Waals surface area contributed by atoms with Gasteiger partial charge < -0.3 is 14.8 Å². The van der Waals surface area contributed by atoms with E-state index in [1.54, 1.807) is 22.9 Å². The van der Waals surface area contributed by atoms with Crippen LogP contribution in [0.4, 0.5) is 5.69 Å². The first kappa shape index (κ1) is 19.1. The van der Waals surface area contributed by atoms with E-state index in [9.17, 15) is 4.79 Å². The topological polar surface area (TPSA) is 65.4 Å². The van der Waals surface area contributed by atoms with Crippen LogP contribution in [0.5, 0.6) is 11.5 Å². The number of halogens is 1. The molecule has 0 aliphatic carbocycles. The Kier molecular flexibility index (Phi) is 5.93. The number of nitrogens with one attached hydrogen (secondary N) is 1. The van der Waals surface area contributed by atoms with E-state index in [0.717, 1.165) is 5.69 Å². The second kappa shape index (κ2) is 8.37. The van der Waals surface area contributed by atoms with E-state index in [-0.39, 0.29) is 5.91 Å². The fourth-order valence-corrected chi connectivity index (χ4v) is 3.39. The Balaban J connectivity index is 2.00. The maximum Gasteiger partial charge on any atom is 0.274 e. The molecular formula is C19H18ClN3O3S. The zero-order chi connectivity index (χ0) is 19.4. The van der Waals surface area contributed by atoms with Crippen LogP contribution in [0.2, 0.25) is 5.02 Å². The normalized spacial score (nSPS) is 10.5. The monoisotopic (exact) mass is 403 g/mol. The van der Waals surface area contributed by atoms with E-state index in [4.69, 9.17) is 21.1 Å². The summed E-state index contributed by atoms with van der Waals surface area (Å²) >= 11 is 7.59. The fourth-order valence-electron chi connectivity index (χ4n) is 2.61. The highest BCUT2D eigenvalue weighted by Gasteiger charge is 2.20. The Hall–Kier alpha value is -2.64. The molecule has 0 atom stereocenters. The Morgan fingerprint density at radius 3 is 2.48 bits per heavy atom. The molecule has 2 aromatic carbocycles. The van der Waals surface area contributed by atoms with Crippen molar-refractivity contribution in [2.24, 2.45) is 0 Å². The standard InChI is InChI=1S/C19H18ClN3O3S/c1-25-16-10-14(17(26-2)9-13(16)20)22-18(24)15-11-21-19(27-3)23(15)12-7-5-4-6-8-12/h4-11H,1-3H3,(H,22,24). The number of rotatable bonds is 6. The number of imidazole rings is 1. The summed E-state index contributed by atoms with van der Waals surface area (Å²) in [7, 11) is 3.02. The molecule has 0 unspecified atom stereocenters. The van der Waals surface area contributed by atoms with Crippen molar-refractivity contribution in [2.75, 3.05) is 25.8 Å². The number of hydrogen-bond donors (Lipinski definition) is 1. The first-order valence-electron chi connectivity index (χ1n) is 7.99. The maximum absolute atomic E-state index is 13.0. The molecule has 0 radical (unpaired) electrons. The van der Waals surface area contributed by atoms with Crippen LogP contribution in [0.3, 0.4) is 0 Å². The number of carbonyl (C=O) groups excluding carboxylic acids is 1.